The first kappa shape index (κ1) is 12.3. The van der Waals surface area contributed by atoms with Crippen molar-refractivity contribution in [3.63, 3.8) is 0 Å². The van der Waals surface area contributed by atoms with Crippen molar-refractivity contribution in [2.45, 2.75) is 13.3 Å². The van der Waals surface area contributed by atoms with E-state index in [1.807, 2.05) is 0 Å². The zero-order valence-corrected chi connectivity index (χ0v) is 8.08. The van der Waals surface area contributed by atoms with Crippen LogP contribution >= 0.6 is 0 Å². The van der Waals surface area contributed by atoms with Crippen LogP contribution in [0.2, 0.25) is 0 Å². The van der Waals surface area contributed by atoms with Gasteiger partial charge in [-0.15, -0.1) is 0 Å². The molecule has 0 aliphatic heterocycles. The minimum atomic E-state index is -0.329. The summed E-state index contributed by atoms with van der Waals surface area (Å²) in [6.07, 6.45) is 3.38. The van der Waals surface area contributed by atoms with Gasteiger partial charge in [0.1, 0.15) is 6.29 Å². The molecule has 0 saturated heterocycles. The zero-order valence-electron chi connectivity index (χ0n) is 8.08. The molecular formula is C10H13NO3. The lowest BCUT2D eigenvalue weighted by atomic mass is 10.2. The molecule has 0 aliphatic carbocycles. The van der Waals surface area contributed by atoms with Crippen molar-refractivity contribution < 1.29 is 14.4 Å². The van der Waals surface area contributed by atoms with E-state index in [4.69, 9.17) is 0 Å². The molecule has 0 heterocycles. The Kier molecular flexibility index (Phi) is 5.94. The van der Waals surface area contributed by atoms with Crippen LogP contribution in [0.5, 0.6) is 0 Å². The lowest BCUT2D eigenvalue weighted by Gasteiger charge is -2.02. The third kappa shape index (κ3) is 5.03. The van der Waals surface area contributed by atoms with Gasteiger partial charge in [0.25, 0.3) is 0 Å². The number of carbonyl (C=O) groups is 3. The smallest absolute Gasteiger partial charge is 0.247 e. The first-order chi connectivity index (χ1) is 6.61. The molecule has 0 aliphatic rings. The van der Waals surface area contributed by atoms with E-state index < -0.39 is 0 Å². The van der Waals surface area contributed by atoms with E-state index in [1.54, 1.807) is 13.0 Å². The van der Waals surface area contributed by atoms with Crippen molar-refractivity contribution in [2.24, 2.45) is 0 Å². The number of rotatable bonds is 6. The molecule has 0 aromatic rings. The van der Waals surface area contributed by atoms with Gasteiger partial charge >= 0.3 is 0 Å². The highest BCUT2D eigenvalue weighted by atomic mass is 16.2. The molecule has 76 valence electrons. The summed E-state index contributed by atoms with van der Waals surface area (Å²) < 4.78 is 0. The minimum absolute atomic E-state index is 0.111. The Bertz CT molecular complexity index is 279. The van der Waals surface area contributed by atoms with E-state index in [9.17, 15) is 14.4 Å². The Hall–Kier alpha value is -1.71. The van der Waals surface area contributed by atoms with Gasteiger partial charge in [-0.1, -0.05) is 18.7 Å². The Balaban J connectivity index is 3.96. The first-order valence-corrected chi connectivity index (χ1v) is 4.14. The monoisotopic (exact) mass is 195 g/mol. The predicted molar refractivity (Wildman–Crippen MR) is 52.7 cm³/mol. The van der Waals surface area contributed by atoms with Crippen molar-refractivity contribution in [3.05, 3.63) is 24.3 Å². The van der Waals surface area contributed by atoms with Gasteiger partial charge in [0.15, 0.2) is 5.78 Å². The van der Waals surface area contributed by atoms with Gasteiger partial charge in [-0.3, -0.25) is 9.59 Å². The average Bonchev–Trinajstić information content (AvgIpc) is 2.15. The maximum atomic E-state index is 11.2. The second kappa shape index (κ2) is 6.77. The topological polar surface area (TPSA) is 63.2 Å². The standard InChI is InChI=1S/C10H13NO3/c1-3-4-8(2)10(14)11-7-9(13)5-6-12/h3-4,6H,1,5,7H2,2H3,(H,11,14)/b8-4+. The van der Waals surface area contributed by atoms with E-state index in [2.05, 4.69) is 11.9 Å². The van der Waals surface area contributed by atoms with Crippen LogP contribution < -0.4 is 5.32 Å². The molecule has 4 heteroatoms. The number of amides is 1. The highest BCUT2D eigenvalue weighted by Gasteiger charge is 2.05. The molecule has 0 unspecified atom stereocenters. The van der Waals surface area contributed by atoms with Gasteiger partial charge in [0.05, 0.1) is 13.0 Å². The maximum Gasteiger partial charge on any atom is 0.247 e. The Labute approximate surface area is 82.7 Å². The summed E-state index contributed by atoms with van der Waals surface area (Å²) >= 11 is 0. The van der Waals surface area contributed by atoms with Crippen LogP contribution in [-0.2, 0) is 14.4 Å². The van der Waals surface area contributed by atoms with Crippen LogP contribution in [0.1, 0.15) is 13.3 Å². The molecule has 0 rings (SSSR count). The fourth-order valence-electron chi connectivity index (χ4n) is 0.736. The molecule has 0 aromatic heterocycles. The molecule has 0 aromatic carbocycles. The van der Waals surface area contributed by atoms with Crippen molar-refractivity contribution >= 4 is 18.0 Å². The maximum absolute atomic E-state index is 11.2. The summed E-state index contributed by atoms with van der Waals surface area (Å²) in [5.41, 5.74) is 0.471. The summed E-state index contributed by atoms with van der Waals surface area (Å²) in [5, 5.41) is 2.39. The molecular weight excluding hydrogens is 182 g/mol. The Morgan fingerprint density at radius 1 is 1.43 bits per heavy atom. The van der Waals surface area contributed by atoms with E-state index in [1.165, 1.54) is 6.08 Å². The average molecular weight is 195 g/mol. The molecule has 4 nitrogen and oxygen atoms in total. The molecule has 0 radical (unpaired) electrons. The van der Waals surface area contributed by atoms with Crippen molar-refractivity contribution in [2.75, 3.05) is 6.54 Å². The van der Waals surface area contributed by atoms with Gasteiger partial charge in [-0.25, -0.2) is 0 Å². The lowest BCUT2D eigenvalue weighted by Crippen LogP contribution is -2.30. The summed E-state index contributed by atoms with van der Waals surface area (Å²) in [7, 11) is 0. The molecule has 0 bridgehead atoms. The van der Waals surface area contributed by atoms with Crippen molar-refractivity contribution in [3.8, 4) is 0 Å². The van der Waals surface area contributed by atoms with E-state index in [0.29, 0.717) is 11.9 Å². The minimum Gasteiger partial charge on any atom is -0.345 e. The van der Waals surface area contributed by atoms with Crippen LogP contribution in [0.25, 0.3) is 0 Å². The van der Waals surface area contributed by atoms with E-state index in [-0.39, 0.29) is 24.7 Å². The Morgan fingerprint density at radius 3 is 2.57 bits per heavy atom. The summed E-state index contributed by atoms with van der Waals surface area (Å²) in [6, 6.07) is 0. The van der Waals surface area contributed by atoms with E-state index in [0.717, 1.165) is 0 Å². The largest absolute Gasteiger partial charge is 0.345 e. The number of Topliss-reactive ketones (excluding diaryl/α,β-unsaturated/α-hetero) is 1. The number of ketones is 1. The third-order valence-electron chi connectivity index (χ3n) is 1.48. The molecule has 1 amide bonds. The highest BCUT2D eigenvalue weighted by molar-refractivity contribution is 5.98. The van der Waals surface area contributed by atoms with Crippen LogP contribution in [-0.4, -0.2) is 24.5 Å². The van der Waals surface area contributed by atoms with Crippen LogP contribution in [0.3, 0.4) is 0 Å². The van der Waals surface area contributed by atoms with Crippen molar-refractivity contribution in [1.29, 1.82) is 0 Å². The number of hydrogen-bond donors (Lipinski definition) is 1. The number of aldehydes is 1. The summed E-state index contributed by atoms with van der Waals surface area (Å²) in [5.74, 6) is -0.635. The Morgan fingerprint density at radius 2 is 2.07 bits per heavy atom. The van der Waals surface area contributed by atoms with Gasteiger partial charge in [0.2, 0.25) is 5.91 Å². The summed E-state index contributed by atoms with van der Waals surface area (Å²) in [6.45, 7) is 4.94. The molecule has 0 saturated carbocycles. The SMILES string of the molecule is C=C/C=C(\C)C(=O)NCC(=O)CC=O. The fraction of sp³-hybridized carbons (Fsp3) is 0.300. The van der Waals surface area contributed by atoms with E-state index >= 15 is 0 Å². The number of nitrogens with one attached hydrogen (secondary N) is 1. The molecule has 0 spiro atoms. The van der Waals surface area contributed by atoms with Gasteiger partial charge < -0.3 is 10.1 Å². The quantitative estimate of drug-likeness (QED) is 0.288. The number of hydrogen-bond acceptors (Lipinski definition) is 3. The van der Waals surface area contributed by atoms with Crippen LogP contribution in [0.15, 0.2) is 24.3 Å². The summed E-state index contributed by atoms with van der Waals surface area (Å²) in [4.78, 5) is 32.0. The van der Waals surface area contributed by atoms with Crippen molar-refractivity contribution in [1.82, 2.24) is 5.32 Å². The van der Waals surface area contributed by atoms with Crippen LogP contribution in [0, 0.1) is 0 Å². The molecule has 0 fully saturated rings. The zero-order chi connectivity index (χ0) is 11.0. The van der Waals surface area contributed by atoms with Gasteiger partial charge in [-0.05, 0) is 6.92 Å². The molecule has 1 N–H and O–H groups in total. The number of allylic oxidation sites excluding steroid dienone is 2. The van der Waals surface area contributed by atoms with Gasteiger partial charge in [0, 0.05) is 5.57 Å². The third-order valence-corrected chi connectivity index (χ3v) is 1.48. The normalized spacial score (nSPS) is 10.5. The number of carbonyl (C=O) groups excluding carboxylic acids is 3. The molecule has 0 atom stereocenters. The highest BCUT2D eigenvalue weighted by Crippen LogP contribution is 1.91. The second-order valence-electron chi connectivity index (χ2n) is 2.68. The second-order valence-corrected chi connectivity index (χ2v) is 2.68. The van der Waals surface area contributed by atoms with Crippen LogP contribution in [0.4, 0.5) is 0 Å². The molecule has 14 heavy (non-hydrogen) atoms. The predicted octanol–water partition coefficient (Wildman–Crippen LogP) is 0.393. The first-order valence-electron chi connectivity index (χ1n) is 4.14. The lowest BCUT2D eigenvalue weighted by molar-refractivity contribution is -0.125. The van der Waals surface area contributed by atoms with Gasteiger partial charge in [-0.2, -0.15) is 0 Å². The fourth-order valence-corrected chi connectivity index (χ4v) is 0.736.